The van der Waals surface area contributed by atoms with Crippen LogP contribution in [0.1, 0.15) is 18.1 Å². The fourth-order valence-electron chi connectivity index (χ4n) is 1.16. The van der Waals surface area contributed by atoms with Crippen LogP contribution >= 0.6 is 0 Å². The summed E-state index contributed by atoms with van der Waals surface area (Å²) in [5.74, 6) is 0. The summed E-state index contributed by atoms with van der Waals surface area (Å²) < 4.78 is 0. The largest absolute Gasteiger partial charge is 0.399 e. The Morgan fingerprint density at radius 3 is 2.58 bits per heavy atom. The van der Waals surface area contributed by atoms with Gasteiger partial charge >= 0.3 is 0 Å². The summed E-state index contributed by atoms with van der Waals surface area (Å²) in [6.45, 7) is 4.00. The van der Waals surface area contributed by atoms with Crippen LogP contribution in [-0.2, 0) is 4.84 Å². The second-order valence-electron chi connectivity index (χ2n) is 2.67. The van der Waals surface area contributed by atoms with Gasteiger partial charge in [-0.1, -0.05) is 29.4 Å². The minimum atomic E-state index is 0.913. The summed E-state index contributed by atoms with van der Waals surface area (Å²) in [6, 6.07) is 8.10. The van der Waals surface area contributed by atoms with E-state index in [2.05, 4.69) is 18.1 Å². The van der Waals surface area contributed by atoms with E-state index in [0.29, 0.717) is 0 Å². The van der Waals surface area contributed by atoms with Crippen molar-refractivity contribution < 1.29 is 4.84 Å². The summed E-state index contributed by atoms with van der Waals surface area (Å²) in [6.07, 6.45) is 0. The smallest absolute Gasteiger partial charge is 0.106 e. The van der Waals surface area contributed by atoms with E-state index >= 15 is 0 Å². The quantitative estimate of drug-likeness (QED) is 0.484. The van der Waals surface area contributed by atoms with Gasteiger partial charge in [-0.05, 0) is 19.4 Å². The molecular weight excluding hydrogens is 150 g/mol. The van der Waals surface area contributed by atoms with E-state index in [1.54, 1.807) is 7.11 Å². The molecule has 0 aliphatic carbocycles. The maximum absolute atomic E-state index is 4.70. The van der Waals surface area contributed by atoms with Gasteiger partial charge in [0.05, 0.1) is 5.71 Å². The van der Waals surface area contributed by atoms with Crippen molar-refractivity contribution in [2.24, 2.45) is 5.16 Å². The second kappa shape index (κ2) is 3.90. The first kappa shape index (κ1) is 8.78. The third-order valence-corrected chi connectivity index (χ3v) is 1.76. The number of benzene rings is 1. The van der Waals surface area contributed by atoms with Crippen molar-refractivity contribution in [1.82, 2.24) is 0 Å². The standard InChI is InChI=1S/C10H13NO/c1-8-6-4-5-7-10(8)9(2)11-12-3/h4-7H,1-3H3. The van der Waals surface area contributed by atoms with Gasteiger partial charge in [0.25, 0.3) is 0 Å². The third kappa shape index (κ3) is 1.84. The zero-order chi connectivity index (χ0) is 8.97. The van der Waals surface area contributed by atoms with Crippen molar-refractivity contribution in [2.75, 3.05) is 7.11 Å². The first-order valence-electron chi connectivity index (χ1n) is 3.89. The van der Waals surface area contributed by atoms with Crippen molar-refractivity contribution in [3.05, 3.63) is 35.4 Å². The van der Waals surface area contributed by atoms with Crippen LogP contribution in [0, 0.1) is 6.92 Å². The molecule has 0 radical (unpaired) electrons. The number of nitrogens with zero attached hydrogens (tertiary/aromatic N) is 1. The van der Waals surface area contributed by atoms with Gasteiger partial charge in [-0.25, -0.2) is 0 Å². The molecule has 64 valence electrons. The van der Waals surface area contributed by atoms with Crippen LogP contribution in [-0.4, -0.2) is 12.8 Å². The summed E-state index contributed by atoms with van der Waals surface area (Å²) in [4.78, 5) is 4.70. The lowest BCUT2D eigenvalue weighted by atomic mass is 10.1. The number of oxime groups is 1. The zero-order valence-corrected chi connectivity index (χ0v) is 7.66. The lowest BCUT2D eigenvalue weighted by molar-refractivity contribution is 0.213. The summed E-state index contributed by atoms with van der Waals surface area (Å²) in [5, 5.41) is 3.87. The fraction of sp³-hybridized carbons (Fsp3) is 0.300. The van der Waals surface area contributed by atoms with E-state index in [1.807, 2.05) is 25.1 Å². The lowest BCUT2D eigenvalue weighted by Gasteiger charge is -2.02. The van der Waals surface area contributed by atoms with E-state index in [9.17, 15) is 0 Å². The van der Waals surface area contributed by atoms with E-state index in [-0.39, 0.29) is 0 Å². The Labute approximate surface area is 72.9 Å². The van der Waals surface area contributed by atoms with Gasteiger partial charge in [0, 0.05) is 5.56 Å². The summed E-state index contributed by atoms with van der Waals surface area (Å²) >= 11 is 0. The molecule has 0 aliphatic heterocycles. The van der Waals surface area contributed by atoms with E-state index in [0.717, 1.165) is 11.3 Å². The van der Waals surface area contributed by atoms with Crippen molar-refractivity contribution in [1.29, 1.82) is 0 Å². The minimum Gasteiger partial charge on any atom is -0.399 e. The maximum atomic E-state index is 4.70. The van der Waals surface area contributed by atoms with Crippen molar-refractivity contribution in [2.45, 2.75) is 13.8 Å². The number of hydrogen-bond donors (Lipinski definition) is 0. The summed E-state index contributed by atoms with van der Waals surface area (Å²) in [7, 11) is 1.56. The Kier molecular flexibility index (Phi) is 2.86. The average molecular weight is 163 g/mol. The number of hydrogen-bond acceptors (Lipinski definition) is 2. The van der Waals surface area contributed by atoms with E-state index in [1.165, 1.54) is 5.56 Å². The molecule has 0 saturated heterocycles. The van der Waals surface area contributed by atoms with Crippen LogP contribution in [0.4, 0.5) is 0 Å². The first-order valence-corrected chi connectivity index (χ1v) is 3.89. The van der Waals surface area contributed by atoms with Gasteiger partial charge in [0.2, 0.25) is 0 Å². The molecule has 0 bridgehead atoms. The van der Waals surface area contributed by atoms with Crippen LogP contribution < -0.4 is 0 Å². The highest BCUT2D eigenvalue weighted by molar-refractivity contribution is 5.99. The topological polar surface area (TPSA) is 21.6 Å². The minimum absolute atomic E-state index is 0.913. The van der Waals surface area contributed by atoms with Crippen LogP contribution in [0.25, 0.3) is 0 Å². The van der Waals surface area contributed by atoms with Gasteiger partial charge in [-0.15, -0.1) is 0 Å². The molecule has 0 unspecified atom stereocenters. The molecule has 0 heterocycles. The Balaban J connectivity index is 3.02. The van der Waals surface area contributed by atoms with Crippen molar-refractivity contribution >= 4 is 5.71 Å². The molecule has 1 aromatic carbocycles. The summed E-state index contributed by atoms with van der Waals surface area (Å²) in [5.41, 5.74) is 3.27. The van der Waals surface area contributed by atoms with Gasteiger partial charge in [0.15, 0.2) is 0 Å². The molecule has 0 aliphatic rings. The molecule has 0 amide bonds. The highest BCUT2D eigenvalue weighted by Crippen LogP contribution is 2.08. The third-order valence-electron chi connectivity index (χ3n) is 1.76. The van der Waals surface area contributed by atoms with Crippen LogP contribution in [0.5, 0.6) is 0 Å². The second-order valence-corrected chi connectivity index (χ2v) is 2.67. The van der Waals surface area contributed by atoms with Gasteiger partial charge < -0.3 is 4.84 Å². The molecule has 0 N–H and O–H groups in total. The zero-order valence-electron chi connectivity index (χ0n) is 7.66. The van der Waals surface area contributed by atoms with E-state index in [4.69, 9.17) is 4.84 Å². The Hall–Kier alpha value is -1.31. The van der Waals surface area contributed by atoms with Crippen LogP contribution in [0.3, 0.4) is 0 Å². The molecule has 1 rings (SSSR count). The molecule has 0 spiro atoms. The van der Waals surface area contributed by atoms with Crippen LogP contribution in [0.15, 0.2) is 29.4 Å². The predicted octanol–water partition coefficient (Wildman–Crippen LogP) is 2.37. The molecular formula is C10H13NO. The average Bonchev–Trinajstić information content (AvgIpc) is 2.05. The van der Waals surface area contributed by atoms with Gasteiger partial charge in [-0.2, -0.15) is 0 Å². The normalized spacial score (nSPS) is 11.4. The maximum Gasteiger partial charge on any atom is 0.106 e. The first-order chi connectivity index (χ1) is 5.75. The molecule has 0 aromatic heterocycles. The Morgan fingerprint density at radius 1 is 1.33 bits per heavy atom. The molecule has 0 fully saturated rings. The monoisotopic (exact) mass is 163 g/mol. The molecule has 2 heteroatoms. The molecule has 0 atom stereocenters. The highest BCUT2D eigenvalue weighted by Gasteiger charge is 1.99. The molecule has 1 aromatic rings. The predicted molar refractivity (Wildman–Crippen MR) is 50.4 cm³/mol. The highest BCUT2D eigenvalue weighted by atomic mass is 16.6. The van der Waals surface area contributed by atoms with E-state index < -0.39 is 0 Å². The molecule has 12 heavy (non-hydrogen) atoms. The molecule has 0 saturated carbocycles. The van der Waals surface area contributed by atoms with Crippen molar-refractivity contribution in [3.8, 4) is 0 Å². The lowest BCUT2D eigenvalue weighted by Crippen LogP contribution is -1.97. The SMILES string of the molecule is CON=C(C)c1ccccc1C. The fourth-order valence-corrected chi connectivity index (χ4v) is 1.16. The Morgan fingerprint density at radius 2 is 2.00 bits per heavy atom. The Bertz CT molecular complexity index is 292. The van der Waals surface area contributed by atoms with Gasteiger partial charge in [-0.3, -0.25) is 0 Å². The van der Waals surface area contributed by atoms with Crippen LogP contribution in [0.2, 0.25) is 0 Å². The number of rotatable bonds is 2. The van der Waals surface area contributed by atoms with Gasteiger partial charge in [0.1, 0.15) is 7.11 Å². The van der Waals surface area contributed by atoms with Crippen molar-refractivity contribution in [3.63, 3.8) is 0 Å². The molecule has 2 nitrogen and oxygen atoms in total. The number of aryl methyl sites for hydroxylation is 1.